The molecule has 0 radical (unpaired) electrons. The van der Waals surface area contributed by atoms with Gasteiger partial charge in [-0.1, -0.05) is 42.5 Å². The molecule has 1 fully saturated rings. The van der Waals surface area contributed by atoms with Crippen LogP contribution in [0, 0.1) is 12.8 Å². The number of hydrogen-bond donors (Lipinski definition) is 0. The molecule has 0 bridgehead atoms. The van der Waals surface area contributed by atoms with Crippen molar-refractivity contribution in [3.63, 3.8) is 0 Å². The standard InChI is InChI=1S/C27H35NO4/c1-4-32-27(29)23-11-8-15-28(20-23)16-18-31-17-14-26(25-13-6-5-9-21(25)2)22-10-7-12-24(19-22)30-3/h5-7,9-10,12-14,19,23H,4,8,11,15-18,20H2,1-3H3/b26-14+/t23-/m1/s1. The number of hydrogen-bond acceptors (Lipinski definition) is 5. The van der Waals surface area contributed by atoms with Crippen LogP contribution in [0.25, 0.3) is 5.57 Å². The molecule has 1 aliphatic heterocycles. The van der Waals surface area contributed by atoms with Gasteiger partial charge >= 0.3 is 5.97 Å². The van der Waals surface area contributed by atoms with Gasteiger partial charge in [0.25, 0.3) is 0 Å². The Hall–Kier alpha value is -2.63. The van der Waals surface area contributed by atoms with Gasteiger partial charge in [-0.3, -0.25) is 4.79 Å². The summed E-state index contributed by atoms with van der Waals surface area (Å²) in [5.74, 6) is 0.760. The van der Waals surface area contributed by atoms with Crippen molar-refractivity contribution < 1.29 is 19.0 Å². The number of benzene rings is 2. The van der Waals surface area contributed by atoms with E-state index in [1.165, 1.54) is 11.1 Å². The summed E-state index contributed by atoms with van der Waals surface area (Å²) in [6.45, 7) is 8.17. The molecule has 0 N–H and O–H groups in total. The average molecular weight is 438 g/mol. The van der Waals surface area contributed by atoms with E-state index < -0.39 is 0 Å². The number of piperidine rings is 1. The Morgan fingerprint density at radius 3 is 2.81 bits per heavy atom. The molecule has 172 valence electrons. The Morgan fingerprint density at radius 1 is 1.19 bits per heavy atom. The zero-order chi connectivity index (χ0) is 22.8. The largest absolute Gasteiger partial charge is 0.497 e. The maximum Gasteiger partial charge on any atom is 0.310 e. The summed E-state index contributed by atoms with van der Waals surface area (Å²) in [4.78, 5) is 14.3. The molecule has 0 unspecified atom stereocenters. The lowest BCUT2D eigenvalue weighted by atomic mass is 9.94. The molecule has 5 heteroatoms. The molecule has 5 nitrogen and oxygen atoms in total. The van der Waals surface area contributed by atoms with Crippen molar-refractivity contribution >= 4 is 11.5 Å². The predicted octanol–water partition coefficient (Wildman–Crippen LogP) is 4.73. The molecule has 32 heavy (non-hydrogen) atoms. The van der Waals surface area contributed by atoms with Crippen molar-refractivity contribution in [3.05, 3.63) is 71.3 Å². The summed E-state index contributed by atoms with van der Waals surface area (Å²) < 4.78 is 16.6. The third-order valence-corrected chi connectivity index (χ3v) is 5.90. The van der Waals surface area contributed by atoms with Crippen LogP contribution < -0.4 is 4.74 Å². The van der Waals surface area contributed by atoms with Crippen LogP contribution in [-0.2, 0) is 14.3 Å². The van der Waals surface area contributed by atoms with Crippen LogP contribution in [0.2, 0.25) is 0 Å². The third-order valence-electron chi connectivity index (χ3n) is 5.90. The number of methoxy groups -OCH3 is 1. The predicted molar refractivity (Wildman–Crippen MR) is 128 cm³/mol. The van der Waals surface area contributed by atoms with E-state index >= 15 is 0 Å². The van der Waals surface area contributed by atoms with Gasteiger partial charge in [-0.05, 0) is 67.6 Å². The Labute approximate surface area is 192 Å². The zero-order valence-electron chi connectivity index (χ0n) is 19.5. The van der Waals surface area contributed by atoms with E-state index in [0.717, 1.165) is 49.4 Å². The molecule has 1 saturated heterocycles. The maximum atomic E-state index is 12.0. The fourth-order valence-corrected chi connectivity index (χ4v) is 4.18. The number of ether oxygens (including phenoxy) is 3. The van der Waals surface area contributed by atoms with Gasteiger partial charge in [-0.15, -0.1) is 0 Å². The quantitative estimate of drug-likeness (QED) is 0.397. The van der Waals surface area contributed by atoms with E-state index in [9.17, 15) is 4.79 Å². The minimum absolute atomic E-state index is 0.00989. The number of aryl methyl sites for hydroxylation is 1. The van der Waals surface area contributed by atoms with Gasteiger partial charge < -0.3 is 19.1 Å². The van der Waals surface area contributed by atoms with Gasteiger partial charge in [-0.25, -0.2) is 0 Å². The molecule has 0 spiro atoms. The van der Waals surface area contributed by atoms with Crippen LogP contribution in [0.1, 0.15) is 36.5 Å². The van der Waals surface area contributed by atoms with Crippen molar-refractivity contribution in [3.8, 4) is 5.75 Å². The fraction of sp³-hybridized carbons (Fsp3) is 0.444. The summed E-state index contributed by atoms with van der Waals surface area (Å²) >= 11 is 0. The first-order valence-electron chi connectivity index (χ1n) is 11.5. The lowest BCUT2D eigenvalue weighted by molar-refractivity contribution is -0.150. The second-order valence-corrected chi connectivity index (χ2v) is 8.13. The topological polar surface area (TPSA) is 48.0 Å². The molecule has 2 aromatic carbocycles. The number of esters is 1. The Balaban J connectivity index is 1.60. The summed E-state index contributed by atoms with van der Waals surface area (Å²) in [5, 5.41) is 0. The van der Waals surface area contributed by atoms with E-state index in [2.05, 4.69) is 54.3 Å². The van der Waals surface area contributed by atoms with Crippen molar-refractivity contribution in [2.75, 3.05) is 46.6 Å². The van der Waals surface area contributed by atoms with Crippen molar-refractivity contribution in [1.29, 1.82) is 0 Å². The lowest BCUT2D eigenvalue weighted by Crippen LogP contribution is -2.40. The molecule has 3 rings (SSSR count). The summed E-state index contributed by atoms with van der Waals surface area (Å²) in [6.07, 6.45) is 4.09. The van der Waals surface area contributed by atoms with Crippen LogP contribution in [0.4, 0.5) is 0 Å². The molecule has 0 aliphatic carbocycles. The normalized spacial score (nSPS) is 17.2. The van der Waals surface area contributed by atoms with Gasteiger partial charge in [0.2, 0.25) is 0 Å². The second-order valence-electron chi connectivity index (χ2n) is 8.13. The molecular weight excluding hydrogens is 402 g/mol. The van der Waals surface area contributed by atoms with E-state index in [1.54, 1.807) is 7.11 Å². The van der Waals surface area contributed by atoms with Gasteiger partial charge in [0, 0.05) is 13.1 Å². The first-order valence-corrected chi connectivity index (χ1v) is 11.5. The van der Waals surface area contributed by atoms with Gasteiger partial charge in [-0.2, -0.15) is 0 Å². The molecule has 1 atom stereocenters. The Bertz CT molecular complexity index is 908. The van der Waals surface area contributed by atoms with Crippen LogP contribution >= 0.6 is 0 Å². The highest BCUT2D eigenvalue weighted by Gasteiger charge is 2.26. The first-order chi connectivity index (χ1) is 15.6. The minimum atomic E-state index is -0.0674. The van der Waals surface area contributed by atoms with Gasteiger partial charge in [0.05, 0.1) is 32.8 Å². The van der Waals surface area contributed by atoms with Crippen LogP contribution in [0.3, 0.4) is 0 Å². The molecule has 1 heterocycles. The highest BCUT2D eigenvalue weighted by atomic mass is 16.5. The summed E-state index contributed by atoms with van der Waals surface area (Å²) in [6, 6.07) is 16.5. The Kier molecular flexibility index (Phi) is 9.32. The number of likely N-dealkylation sites (tertiary alicyclic amines) is 1. The van der Waals surface area contributed by atoms with Crippen LogP contribution in [0.15, 0.2) is 54.6 Å². The van der Waals surface area contributed by atoms with Crippen molar-refractivity contribution in [2.45, 2.75) is 26.7 Å². The summed E-state index contributed by atoms with van der Waals surface area (Å²) in [5.41, 5.74) is 4.66. The monoisotopic (exact) mass is 437 g/mol. The number of rotatable bonds is 10. The van der Waals surface area contributed by atoms with Crippen LogP contribution in [0.5, 0.6) is 5.75 Å². The van der Waals surface area contributed by atoms with E-state index in [4.69, 9.17) is 14.2 Å². The molecule has 1 aliphatic rings. The molecule has 2 aromatic rings. The van der Waals surface area contributed by atoms with Crippen molar-refractivity contribution in [1.82, 2.24) is 4.90 Å². The smallest absolute Gasteiger partial charge is 0.310 e. The highest BCUT2D eigenvalue weighted by molar-refractivity contribution is 5.81. The molecule has 0 amide bonds. The zero-order valence-corrected chi connectivity index (χ0v) is 19.5. The van der Waals surface area contributed by atoms with Gasteiger partial charge in [0.1, 0.15) is 5.75 Å². The Morgan fingerprint density at radius 2 is 2.03 bits per heavy atom. The van der Waals surface area contributed by atoms with Crippen LogP contribution in [-0.4, -0.2) is 57.4 Å². The number of carbonyl (C=O) groups excluding carboxylic acids is 1. The highest BCUT2D eigenvalue weighted by Crippen LogP contribution is 2.28. The molecular formula is C27H35NO4. The SMILES string of the molecule is CCOC(=O)[C@@H]1CCCN(CCOC/C=C(\c2cccc(OC)c2)c2ccccc2C)C1. The maximum absolute atomic E-state index is 12.0. The first kappa shape index (κ1) is 24.0. The minimum Gasteiger partial charge on any atom is -0.497 e. The summed E-state index contributed by atoms with van der Waals surface area (Å²) in [7, 11) is 1.69. The van der Waals surface area contributed by atoms with Gasteiger partial charge in [0.15, 0.2) is 0 Å². The van der Waals surface area contributed by atoms with E-state index in [0.29, 0.717) is 19.8 Å². The average Bonchev–Trinajstić information content (AvgIpc) is 2.82. The lowest BCUT2D eigenvalue weighted by Gasteiger charge is -2.31. The van der Waals surface area contributed by atoms with E-state index in [1.807, 2.05) is 19.1 Å². The second kappa shape index (κ2) is 12.4. The molecule has 0 aromatic heterocycles. The molecule has 0 saturated carbocycles. The van der Waals surface area contributed by atoms with Crippen molar-refractivity contribution in [2.24, 2.45) is 5.92 Å². The number of carbonyl (C=O) groups is 1. The number of nitrogens with zero attached hydrogens (tertiary/aromatic N) is 1. The fourth-order valence-electron chi connectivity index (χ4n) is 4.18. The van der Waals surface area contributed by atoms with E-state index in [-0.39, 0.29) is 11.9 Å². The third kappa shape index (κ3) is 6.68.